The van der Waals surface area contributed by atoms with Crippen LogP contribution in [-0.4, -0.2) is 31.4 Å². The zero-order valence-corrected chi connectivity index (χ0v) is 12.5. The van der Waals surface area contributed by atoms with E-state index in [-0.39, 0.29) is 24.8 Å². The van der Waals surface area contributed by atoms with Gasteiger partial charge in [0.2, 0.25) is 5.91 Å². The van der Waals surface area contributed by atoms with Crippen LogP contribution in [0.5, 0.6) is 0 Å². The molecule has 2 N–H and O–H groups in total. The first kappa shape index (κ1) is 16.3. The van der Waals surface area contributed by atoms with Crippen LogP contribution in [0.4, 0.5) is 0 Å². The van der Waals surface area contributed by atoms with Crippen molar-refractivity contribution < 1.29 is 23.5 Å². The van der Waals surface area contributed by atoms with E-state index >= 15 is 0 Å². The summed E-state index contributed by atoms with van der Waals surface area (Å²) >= 11 is 0. The number of amides is 2. The Morgan fingerprint density at radius 2 is 1.83 bits per heavy atom. The second-order valence-corrected chi connectivity index (χ2v) is 4.63. The molecule has 120 valence electrons. The Hall–Kier alpha value is -3.09. The van der Waals surface area contributed by atoms with Crippen LogP contribution in [0.25, 0.3) is 0 Å². The fraction of sp³-hybridized carbons (Fsp3) is 0.188. The van der Waals surface area contributed by atoms with Crippen molar-refractivity contribution in [3.63, 3.8) is 0 Å². The zero-order chi connectivity index (χ0) is 16.7. The Morgan fingerprint density at radius 3 is 2.43 bits per heavy atom. The molecule has 7 heteroatoms. The Bertz CT molecular complexity index is 677. The van der Waals surface area contributed by atoms with Gasteiger partial charge in [-0.3, -0.25) is 9.59 Å². The minimum Gasteiger partial charge on any atom is -0.465 e. The summed E-state index contributed by atoms with van der Waals surface area (Å²) in [5, 5.41) is 5.11. The molecule has 0 aliphatic heterocycles. The molecule has 0 radical (unpaired) electrons. The van der Waals surface area contributed by atoms with Crippen molar-refractivity contribution in [2.75, 3.05) is 13.7 Å². The number of esters is 1. The molecule has 0 bridgehead atoms. The van der Waals surface area contributed by atoms with Gasteiger partial charge in [-0.1, -0.05) is 12.1 Å². The van der Waals surface area contributed by atoms with Crippen molar-refractivity contribution in [2.24, 2.45) is 0 Å². The molecule has 0 aliphatic rings. The quantitative estimate of drug-likeness (QED) is 0.778. The van der Waals surface area contributed by atoms with Gasteiger partial charge in [0.15, 0.2) is 5.76 Å². The van der Waals surface area contributed by atoms with Gasteiger partial charge in [0.25, 0.3) is 5.91 Å². The molecule has 0 aliphatic carbocycles. The third-order valence-electron chi connectivity index (χ3n) is 3.02. The lowest BCUT2D eigenvalue weighted by Gasteiger charge is -2.07. The molecule has 0 saturated carbocycles. The number of hydrogen-bond donors (Lipinski definition) is 2. The maximum atomic E-state index is 11.7. The third kappa shape index (κ3) is 4.70. The number of carbonyl (C=O) groups is 3. The fourth-order valence-electron chi connectivity index (χ4n) is 1.80. The third-order valence-corrected chi connectivity index (χ3v) is 3.02. The standard InChI is InChI=1S/C16H16N2O5/c1-22-16(21)12-6-4-11(5-7-12)9-17-14(19)10-18-15(20)13-3-2-8-23-13/h2-8H,9-10H2,1H3,(H,17,19)(H,18,20). The summed E-state index contributed by atoms with van der Waals surface area (Å²) in [4.78, 5) is 34.6. The largest absolute Gasteiger partial charge is 0.465 e. The van der Waals surface area contributed by atoms with Gasteiger partial charge in [0, 0.05) is 6.54 Å². The molecule has 0 fully saturated rings. The number of rotatable bonds is 6. The van der Waals surface area contributed by atoms with Crippen LogP contribution in [-0.2, 0) is 16.1 Å². The van der Waals surface area contributed by atoms with Gasteiger partial charge in [-0.05, 0) is 29.8 Å². The number of carbonyl (C=O) groups excluding carboxylic acids is 3. The maximum Gasteiger partial charge on any atom is 0.337 e. The van der Waals surface area contributed by atoms with Gasteiger partial charge < -0.3 is 19.8 Å². The van der Waals surface area contributed by atoms with Gasteiger partial charge in [0.05, 0.1) is 25.5 Å². The number of benzene rings is 1. The highest BCUT2D eigenvalue weighted by Gasteiger charge is 2.10. The average Bonchev–Trinajstić information content (AvgIpc) is 3.12. The smallest absolute Gasteiger partial charge is 0.337 e. The molecule has 23 heavy (non-hydrogen) atoms. The minimum absolute atomic E-state index is 0.149. The fourth-order valence-corrected chi connectivity index (χ4v) is 1.80. The van der Waals surface area contributed by atoms with E-state index in [1.54, 1.807) is 30.3 Å². The predicted octanol–water partition coefficient (Wildman–Crippen LogP) is 1.11. The van der Waals surface area contributed by atoms with E-state index in [1.807, 2.05) is 0 Å². The van der Waals surface area contributed by atoms with E-state index < -0.39 is 11.9 Å². The van der Waals surface area contributed by atoms with Crippen LogP contribution in [0.1, 0.15) is 26.5 Å². The van der Waals surface area contributed by atoms with Crippen LogP contribution < -0.4 is 10.6 Å². The molecule has 1 aromatic heterocycles. The van der Waals surface area contributed by atoms with Gasteiger partial charge in [-0.2, -0.15) is 0 Å². The summed E-state index contributed by atoms with van der Waals surface area (Å²) < 4.78 is 9.52. The van der Waals surface area contributed by atoms with Gasteiger partial charge in [-0.15, -0.1) is 0 Å². The topological polar surface area (TPSA) is 97.6 Å². The van der Waals surface area contributed by atoms with Gasteiger partial charge in [0.1, 0.15) is 0 Å². The van der Waals surface area contributed by atoms with E-state index in [0.717, 1.165) is 5.56 Å². The lowest BCUT2D eigenvalue weighted by atomic mass is 10.1. The van der Waals surface area contributed by atoms with E-state index in [0.29, 0.717) is 5.56 Å². The zero-order valence-electron chi connectivity index (χ0n) is 12.5. The second-order valence-electron chi connectivity index (χ2n) is 4.63. The molecular weight excluding hydrogens is 300 g/mol. The van der Waals surface area contributed by atoms with Crippen LogP contribution in [0, 0.1) is 0 Å². The van der Waals surface area contributed by atoms with Crippen molar-refractivity contribution in [2.45, 2.75) is 6.54 Å². The molecule has 0 saturated heterocycles. The molecule has 0 unspecified atom stereocenters. The first-order chi connectivity index (χ1) is 11.1. The average molecular weight is 316 g/mol. The number of ether oxygens (including phenoxy) is 1. The summed E-state index contributed by atoms with van der Waals surface area (Å²) in [7, 11) is 1.31. The Balaban J connectivity index is 1.76. The minimum atomic E-state index is -0.451. The van der Waals surface area contributed by atoms with Crippen molar-refractivity contribution >= 4 is 17.8 Å². The van der Waals surface area contributed by atoms with Crippen LogP contribution in [0.3, 0.4) is 0 Å². The first-order valence-electron chi connectivity index (χ1n) is 6.86. The second kappa shape index (κ2) is 7.79. The molecule has 7 nitrogen and oxygen atoms in total. The van der Waals surface area contributed by atoms with Crippen molar-refractivity contribution in [1.82, 2.24) is 10.6 Å². The normalized spacial score (nSPS) is 9.96. The molecule has 1 heterocycles. The summed E-state index contributed by atoms with van der Waals surface area (Å²) in [6.45, 7) is 0.136. The van der Waals surface area contributed by atoms with E-state index in [2.05, 4.69) is 15.4 Å². The highest BCUT2D eigenvalue weighted by atomic mass is 16.5. The summed E-state index contributed by atoms with van der Waals surface area (Å²) in [5.74, 6) is -1.05. The number of hydrogen-bond acceptors (Lipinski definition) is 5. The Labute approximate surface area is 132 Å². The van der Waals surface area contributed by atoms with Crippen molar-refractivity contribution in [3.05, 3.63) is 59.5 Å². The number of nitrogens with one attached hydrogen (secondary N) is 2. The monoisotopic (exact) mass is 316 g/mol. The Kier molecular flexibility index (Phi) is 5.51. The molecule has 2 amide bonds. The number of furan rings is 1. The summed E-state index contributed by atoms with van der Waals surface area (Å²) in [5.41, 5.74) is 1.26. The molecule has 1 aromatic carbocycles. The summed E-state index contributed by atoms with van der Waals surface area (Å²) in [6, 6.07) is 9.77. The van der Waals surface area contributed by atoms with Crippen molar-refractivity contribution in [1.29, 1.82) is 0 Å². The lowest BCUT2D eigenvalue weighted by molar-refractivity contribution is -0.120. The van der Waals surface area contributed by atoms with Crippen LogP contribution >= 0.6 is 0 Å². The maximum absolute atomic E-state index is 11.7. The molecular formula is C16H16N2O5. The number of methoxy groups -OCH3 is 1. The van der Waals surface area contributed by atoms with Crippen LogP contribution in [0.2, 0.25) is 0 Å². The molecule has 0 atom stereocenters. The van der Waals surface area contributed by atoms with Gasteiger partial charge >= 0.3 is 5.97 Å². The van der Waals surface area contributed by atoms with Crippen molar-refractivity contribution in [3.8, 4) is 0 Å². The lowest BCUT2D eigenvalue weighted by Crippen LogP contribution is -2.36. The molecule has 0 spiro atoms. The molecule has 2 rings (SSSR count). The highest BCUT2D eigenvalue weighted by Crippen LogP contribution is 2.05. The highest BCUT2D eigenvalue weighted by molar-refractivity contribution is 5.94. The van der Waals surface area contributed by atoms with E-state index in [4.69, 9.17) is 4.42 Å². The predicted molar refractivity (Wildman–Crippen MR) is 80.7 cm³/mol. The summed E-state index contributed by atoms with van der Waals surface area (Å²) in [6.07, 6.45) is 1.38. The van der Waals surface area contributed by atoms with Crippen LogP contribution in [0.15, 0.2) is 47.1 Å². The van der Waals surface area contributed by atoms with E-state index in [1.165, 1.54) is 19.4 Å². The Morgan fingerprint density at radius 1 is 1.09 bits per heavy atom. The SMILES string of the molecule is COC(=O)c1ccc(CNC(=O)CNC(=O)c2ccco2)cc1. The molecule has 2 aromatic rings. The first-order valence-corrected chi connectivity index (χ1v) is 6.86. The van der Waals surface area contributed by atoms with Gasteiger partial charge in [-0.25, -0.2) is 4.79 Å². The van der Waals surface area contributed by atoms with E-state index in [9.17, 15) is 14.4 Å².